The highest BCUT2D eigenvalue weighted by Crippen LogP contribution is 2.29. The highest BCUT2D eigenvalue weighted by molar-refractivity contribution is 5.84. The van der Waals surface area contributed by atoms with E-state index in [-0.39, 0.29) is 24.2 Å². The third-order valence-electron chi connectivity index (χ3n) is 3.77. The first-order chi connectivity index (χ1) is 9.69. The topological polar surface area (TPSA) is 41.6 Å². The van der Waals surface area contributed by atoms with Gasteiger partial charge in [0.25, 0.3) is 0 Å². The number of hydrogen-bond donors (Lipinski definition) is 1. The largest absolute Gasteiger partial charge is 0.383 e. The molecule has 0 saturated carbocycles. The quantitative estimate of drug-likeness (QED) is 0.867. The van der Waals surface area contributed by atoms with E-state index >= 15 is 0 Å². The molecule has 3 atom stereocenters. The van der Waals surface area contributed by atoms with Crippen molar-refractivity contribution < 1.29 is 9.53 Å². The summed E-state index contributed by atoms with van der Waals surface area (Å²) in [5.74, 6) is 0.185. The van der Waals surface area contributed by atoms with Crippen molar-refractivity contribution in [1.82, 2.24) is 10.2 Å². The maximum absolute atomic E-state index is 12.6. The minimum Gasteiger partial charge on any atom is -0.383 e. The fourth-order valence-electron chi connectivity index (χ4n) is 2.83. The molecule has 1 aromatic carbocycles. The molecule has 0 spiro atoms. The van der Waals surface area contributed by atoms with Crippen LogP contribution in [-0.2, 0) is 9.53 Å². The molecule has 0 aliphatic carbocycles. The minimum atomic E-state index is -0.0792. The Morgan fingerprint density at radius 2 is 2.05 bits per heavy atom. The Kier molecular flexibility index (Phi) is 5.15. The first kappa shape index (κ1) is 15.0. The molecule has 1 fully saturated rings. The molecule has 0 bridgehead atoms. The van der Waals surface area contributed by atoms with Gasteiger partial charge in [-0.2, -0.15) is 0 Å². The molecule has 3 unspecified atom stereocenters. The molecule has 1 saturated heterocycles. The molecule has 0 aromatic heterocycles. The fraction of sp³-hybridized carbons (Fsp3) is 0.562. The highest BCUT2D eigenvalue weighted by Gasteiger charge is 2.41. The summed E-state index contributed by atoms with van der Waals surface area (Å²) in [4.78, 5) is 14.5. The summed E-state index contributed by atoms with van der Waals surface area (Å²) in [5, 5.41) is 3.47. The molecule has 1 heterocycles. The number of hydrogen-bond acceptors (Lipinski definition) is 3. The molecule has 1 aliphatic rings. The van der Waals surface area contributed by atoms with Gasteiger partial charge in [0.1, 0.15) is 6.17 Å². The predicted octanol–water partition coefficient (Wildman–Crippen LogP) is 2.32. The lowest BCUT2D eigenvalue weighted by Crippen LogP contribution is -2.40. The van der Waals surface area contributed by atoms with Gasteiger partial charge in [-0.15, -0.1) is 0 Å². The van der Waals surface area contributed by atoms with Crippen LogP contribution in [0.3, 0.4) is 0 Å². The van der Waals surface area contributed by atoms with E-state index in [1.807, 2.05) is 30.0 Å². The van der Waals surface area contributed by atoms with Crippen molar-refractivity contribution in [2.75, 3.05) is 13.7 Å². The number of carbonyl (C=O) groups is 1. The van der Waals surface area contributed by atoms with E-state index in [9.17, 15) is 4.79 Å². The van der Waals surface area contributed by atoms with Crippen LogP contribution in [0.5, 0.6) is 0 Å². The van der Waals surface area contributed by atoms with E-state index in [1.165, 1.54) is 0 Å². The third-order valence-corrected chi connectivity index (χ3v) is 3.77. The van der Waals surface area contributed by atoms with Gasteiger partial charge in [-0.05, 0) is 18.9 Å². The molecule has 1 amide bonds. The number of benzene rings is 1. The Morgan fingerprint density at radius 3 is 2.65 bits per heavy atom. The average Bonchev–Trinajstić information content (AvgIpc) is 2.78. The van der Waals surface area contributed by atoms with Crippen molar-refractivity contribution in [1.29, 1.82) is 0 Å². The zero-order chi connectivity index (χ0) is 14.5. The number of rotatable bonds is 6. The summed E-state index contributed by atoms with van der Waals surface area (Å²) in [6.07, 6.45) is 1.82. The maximum atomic E-state index is 12.6. The second-order valence-corrected chi connectivity index (χ2v) is 5.37. The van der Waals surface area contributed by atoms with Gasteiger partial charge in [0.15, 0.2) is 0 Å². The van der Waals surface area contributed by atoms with Crippen molar-refractivity contribution in [3.63, 3.8) is 0 Å². The van der Waals surface area contributed by atoms with Gasteiger partial charge >= 0.3 is 0 Å². The van der Waals surface area contributed by atoms with Crippen molar-refractivity contribution >= 4 is 5.91 Å². The van der Waals surface area contributed by atoms with Crippen LogP contribution >= 0.6 is 0 Å². The molecular formula is C16H24N2O2. The van der Waals surface area contributed by atoms with Crippen molar-refractivity contribution in [2.24, 2.45) is 0 Å². The van der Waals surface area contributed by atoms with E-state index in [2.05, 4.69) is 24.4 Å². The van der Waals surface area contributed by atoms with Crippen LogP contribution in [0.1, 0.15) is 38.4 Å². The number of carbonyl (C=O) groups excluding carboxylic acids is 1. The predicted molar refractivity (Wildman–Crippen MR) is 79.2 cm³/mol. The van der Waals surface area contributed by atoms with E-state index in [1.54, 1.807) is 7.11 Å². The molecule has 20 heavy (non-hydrogen) atoms. The van der Waals surface area contributed by atoms with Crippen LogP contribution in [0, 0.1) is 0 Å². The molecular weight excluding hydrogens is 252 g/mol. The Labute approximate surface area is 121 Å². The summed E-state index contributed by atoms with van der Waals surface area (Å²) in [7, 11) is 1.67. The maximum Gasteiger partial charge on any atom is 0.241 e. The second kappa shape index (κ2) is 6.86. The van der Waals surface area contributed by atoms with Crippen LogP contribution in [0.25, 0.3) is 0 Å². The Balaban J connectivity index is 2.25. The lowest BCUT2D eigenvalue weighted by molar-refractivity contribution is -0.133. The number of ether oxygens (including phenoxy) is 1. The summed E-state index contributed by atoms with van der Waals surface area (Å²) in [5.41, 5.74) is 1.13. The van der Waals surface area contributed by atoms with Crippen LogP contribution in [0.2, 0.25) is 0 Å². The smallest absolute Gasteiger partial charge is 0.241 e. The first-order valence-electron chi connectivity index (χ1n) is 7.31. The standard InChI is InChI=1S/C16H24N2O2/c1-4-8-14-16(19)18(12(2)11-20-3)15(17-14)13-9-6-5-7-10-13/h5-7,9-10,12,14-15,17H,4,8,11H2,1-3H3. The molecule has 4 heteroatoms. The molecule has 4 nitrogen and oxygen atoms in total. The van der Waals surface area contributed by atoms with E-state index in [4.69, 9.17) is 4.74 Å². The zero-order valence-electron chi connectivity index (χ0n) is 12.5. The molecule has 1 N–H and O–H groups in total. The van der Waals surface area contributed by atoms with E-state index in [0.29, 0.717) is 6.61 Å². The van der Waals surface area contributed by atoms with Crippen molar-refractivity contribution in [3.8, 4) is 0 Å². The van der Waals surface area contributed by atoms with Gasteiger partial charge in [-0.3, -0.25) is 10.1 Å². The Morgan fingerprint density at radius 1 is 1.35 bits per heavy atom. The zero-order valence-corrected chi connectivity index (χ0v) is 12.5. The van der Waals surface area contributed by atoms with Gasteiger partial charge in [-0.1, -0.05) is 43.7 Å². The highest BCUT2D eigenvalue weighted by atomic mass is 16.5. The van der Waals surface area contributed by atoms with Gasteiger partial charge in [0.2, 0.25) is 5.91 Å². The van der Waals surface area contributed by atoms with Crippen LogP contribution in [0.15, 0.2) is 30.3 Å². The monoisotopic (exact) mass is 276 g/mol. The van der Waals surface area contributed by atoms with E-state index < -0.39 is 0 Å². The lowest BCUT2D eigenvalue weighted by Gasteiger charge is -2.30. The van der Waals surface area contributed by atoms with Gasteiger partial charge in [0.05, 0.1) is 18.7 Å². The molecule has 1 aromatic rings. The van der Waals surface area contributed by atoms with Crippen LogP contribution < -0.4 is 5.32 Å². The van der Waals surface area contributed by atoms with Crippen molar-refractivity contribution in [3.05, 3.63) is 35.9 Å². The number of methoxy groups -OCH3 is 1. The van der Waals surface area contributed by atoms with Crippen LogP contribution in [0.4, 0.5) is 0 Å². The Bertz CT molecular complexity index is 435. The molecule has 1 aliphatic heterocycles. The molecule has 0 radical (unpaired) electrons. The van der Waals surface area contributed by atoms with Gasteiger partial charge in [-0.25, -0.2) is 0 Å². The SMILES string of the molecule is CCCC1NC(c2ccccc2)N(C(C)COC)C1=O. The van der Waals surface area contributed by atoms with Gasteiger partial charge < -0.3 is 9.64 Å². The fourth-order valence-corrected chi connectivity index (χ4v) is 2.83. The molecule has 2 rings (SSSR count). The van der Waals surface area contributed by atoms with Crippen LogP contribution in [-0.4, -0.2) is 36.6 Å². The lowest BCUT2D eigenvalue weighted by atomic mass is 10.1. The summed E-state index contributed by atoms with van der Waals surface area (Å²) >= 11 is 0. The first-order valence-corrected chi connectivity index (χ1v) is 7.31. The van der Waals surface area contributed by atoms with Crippen molar-refractivity contribution in [2.45, 2.75) is 44.9 Å². The number of nitrogens with zero attached hydrogens (tertiary/aromatic N) is 1. The number of amides is 1. The minimum absolute atomic E-state index is 0.0506. The third kappa shape index (κ3) is 3.02. The summed E-state index contributed by atoms with van der Waals surface area (Å²) in [6.45, 7) is 4.69. The average molecular weight is 276 g/mol. The summed E-state index contributed by atoms with van der Waals surface area (Å²) < 4.78 is 5.22. The van der Waals surface area contributed by atoms with E-state index in [0.717, 1.165) is 18.4 Å². The molecule has 110 valence electrons. The van der Waals surface area contributed by atoms with Gasteiger partial charge in [0, 0.05) is 7.11 Å². The number of nitrogens with one attached hydrogen (secondary N) is 1. The Hall–Kier alpha value is -1.39. The summed E-state index contributed by atoms with van der Waals surface area (Å²) in [6, 6.07) is 10.1. The second-order valence-electron chi connectivity index (χ2n) is 5.37. The normalized spacial score (nSPS) is 24.1.